The number of rotatable bonds is 4. The van der Waals surface area contributed by atoms with Crippen LogP contribution in [-0.4, -0.2) is 20.5 Å². The van der Waals surface area contributed by atoms with E-state index in [2.05, 4.69) is 4.98 Å². The summed E-state index contributed by atoms with van der Waals surface area (Å²) in [6.45, 7) is 0. The molecule has 1 aromatic heterocycles. The molecule has 23 heavy (non-hydrogen) atoms. The summed E-state index contributed by atoms with van der Waals surface area (Å²) in [6.07, 6.45) is -2.45. The highest BCUT2D eigenvalue weighted by atomic mass is 32.2. The minimum atomic E-state index is -4.57. The van der Waals surface area contributed by atoms with Crippen LogP contribution in [0.5, 0.6) is 5.75 Å². The van der Waals surface area contributed by atoms with Crippen LogP contribution in [0.3, 0.4) is 0 Å². The van der Waals surface area contributed by atoms with E-state index in [1.807, 2.05) is 0 Å². The van der Waals surface area contributed by atoms with Gasteiger partial charge in [0.2, 0.25) is 9.84 Å². The van der Waals surface area contributed by atoms with Crippen molar-refractivity contribution in [3.8, 4) is 5.75 Å². The van der Waals surface area contributed by atoms with Gasteiger partial charge in [0.05, 0.1) is 18.9 Å². The Bertz CT molecular complexity index is 813. The lowest BCUT2D eigenvalue weighted by Gasteiger charge is -2.09. The quantitative estimate of drug-likeness (QED) is 0.852. The van der Waals surface area contributed by atoms with Crippen LogP contribution in [0.15, 0.2) is 53.0 Å². The molecule has 0 amide bonds. The Morgan fingerprint density at radius 2 is 1.83 bits per heavy atom. The van der Waals surface area contributed by atoms with E-state index in [-0.39, 0.29) is 10.6 Å². The van der Waals surface area contributed by atoms with Crippen molar-refractivity contribution in [2.75, 3.05) is 7.11 Å². The maximum atomic E-state index is 12.9. The Morgan fingerprint density at radius 3 is 2.39 bits per heavy atom. The molecule has 0 fully saturated rings. The number of nitrogens with zero attached hydrogens (tertiary/aromatic N) is 1. The third-order valence-electron chi connectivity index (χ3n) is 2.93. The highest BCUT2D eigenvalue weighted by molar-refractivity contribution is 7.94. The Hall–Kier alpha value is -2.35. The molecule has 0 aliphatic carbocycles. The maximum absolute atomic E-state index is 12.9. The highest BCUT2D eigenvalue weighted by Gasteiger charge is 2.32. The summed E-state index contributed by atoms with van der Waals surface area (Å²) in [7, 11) is -2.56. The van der Waals surface area contributed by atoms with Crippen molar-refractivity contribution in [2.45, 2.75) is 11.2 Å². The third kappa shape index (κ3) is 4.10. The van der Waals surface area contributed by atoms with Crippen molar-refractivity contribution < 1.29 is 26.3 Å². The largest absolute Gasteiger partial charge is 0.495 e. The molecule has 1 heterocycles. The normalized spacial score (nSPS) is 12.5. The zero-order valence-electron chi connectivity index (χ0n) is 11.9. The van der Waals surface area contributed by atoms with E-state index < -0.39 is 21.6 Å². The number of hydrogen-bond donors (Lipinski definition) is 0. The highest BCUT2D eigenvalue weighted by Crippen LogP contribution is 2.32. The van der Waals surface area contributed by atoms with E-state index in [0.717, 1.165) is 12.1 Å². The van der Waals surface area contributed by atoms with Gasteiger partial charge in [-0.2, -0.15) is 13.2 Å². The van der Waals surface area contributed by atoms with Crippen molar-refractivity contribution >= 4 is 15.9 Å². The summed E-state index contributed by atoms with van der Waals surface area (Å²) < 4.78 is 67.6. The maximum Gasteiger partial charge on any atom is 0.416 e. The zero-order valence-corrected chi connectivity index (χ0v) is 12.7. The lowest BCUT2D eigenvalue weighted by molar-refractivity contribution is -0.137. The van der Waals surface area contributed by atoms with Gasteiger partial charge in [0, 0.05) is 5.41 Å². The average Bonchev–Trinajstić information content (AvgIpc) is 2.52. The Kier molecular flexibility index (Phi) is 4.74. The molecule has 0 radical (unpaired) electrons. The molecule has 0 atom stereocenters. The minimum absolute atomic E-state index is 0.239. The third-order valence-corrected chi connectivity index (χ3v) is 4.25. The van der Waals surface area contributed by atoms with Gasteiger partial charge in [0.15, 0.2) is 5.03 Å². The van der Waals surface area contributed by atoms with Crippen LogP contribution >= 0.6 is 0 Å². The van der Waals surface area contributed by atoms with E-state index in [1.54, 1.807) is 0 Å². The van der Waals surface area contributed by atoms with Gasteiger partial charge >= 0.3 is 6.18 Å². The molecule has 0 bridgehead atoms. The topological polar surface area (TPSA) is 56.3 Å². The first-order valence-corrected chi connectivity index (χ1v) is 7.88. The number of alkyl halides is 3. The van der Waals surface area contributed by atoms with Gasteiger partial charge in [0.25, 0.3) is 0 Å². The van der Waals surface area contributed by atoms with Crippen molar-refractivity contribution in [3.63, 3.8) is 0 Å². The van der Waals surface area contributed by atoms with Gasteiger partial charge in [-0.3, -0.25) is 0 Å². The molecule has 0 aliphatic rings. The molecular weight excluding hydrogens is 331 g/mol. The molecule has 0 aliphatic heterocycles. The first-order valence-electron chi connectivity index (χ1n) is 6.33. The van der Waals surface area contributed by atoms with Gasteiger partial charge in [-0.05, 0) is 29.8 Å². The molecule has 0 saturated carbocycles. The number of pyridine rings is 1. The number of hydrogen-bond acceptors (Lipinski definition) is 4. The molecule has 0 spiro atoms. The Labute approximate surface area is 131 Å². The summed E-state index contributed by atoms with van der Waals surface area (Å²) in [6, 6.07) is 7.33. The lowest BCUT2D eigenvalue weighted by Crippen LogP contribution is -2.07. The predicted octanol–water partition coefficient (Wildman–Crippen LogP) is 3.55. The number of halogens is 3. The molecule has 0 N–H and O–H groups in total. The van der Waals surface area contributed by atoms with Crippen LogP contribution in [0.1, 0.15) is 11.1 Å². The second-order valence-corrected chi connectivity index (χ2v) is 6.25. The Balaban J connectivity index is 2.35. The standard InChI is InChI=1S/C15H12F3NO3S/c1-22-12-6-7-14(19-10-12)23(20,21)9-8-11-4-2-3-5-13(11)15(16,17)18/h2-10H,1H3/b9-8+. The van der Waals surface area contributed by atoms with Crippen LogP contribution in [0.2, 0.25) is 0 Å². The Morgan fingerprint density at radius 1 is 1.13 bits per heavy atom. The van der Waals surface area contributed by atoms with Gasteiger partial charge < -0.3 is 4.74 Å². The minimum Gasteiger partial charge on any atom is -0.495 e. The molecular formula is C15H12F3NO3S. The first kappa shape index (κ1) is 17.0. The van der Waals surface area contributed by atoms with Crippen molar-refractivity contribution in [2.24, 2.45) is 0 Å². The monoisotopic (exact) mass is 343 g/mol. The van der Waals surface area contributed by atoms with E-state index in [4.69, 9.17) is 4.74 Å². The summed E-state index contributed by atoms with van der Waals surface area (Å²) >= 11 is 0. The van der Waals surface area contributed by atoms with Gasteiger partial charge in [-0.25, -0.2) is 13.4 Å². The van der Waals surface area contributed by atoms with Gasteiger partial charge in [-0.15, -0.1) is 0 Å². The second-order valence-electron chi connectivity index (χ2n) is 4.47. The van der Waals surface area contributed by atoms with E-state index in [0.29, 0.717) is 11.2 Å². The van der Waals surface area contributed by atoms with E-state index in [9.17, 15) is 21.6 Å². The molecule has 2 rings (SSSR count). The molecule has 0 unspecified atom stereocenters. The van der Waals surface area contributed by atoms with Crippen LogP contribution in [-0.2, 0) is 16.0 Å². The fourth-order valence-electron chi connectivity index (χ4n) is 1.79. The number of benzene rings is 1. The van der Waals surface area contributed by atoms with E-state index >= 15 is 0 Å². The molecule has 2 aromatic rings. The molecule has 8 heteroatoms. The fraction of sp³-hybridized carbons (Fsp3) is 0.133. The molecule has 0 saturated heterocycles. The van der Waals surface area contributed by atoms with Crippen LogP contribution in [0, 0.1) is 0 Å². The first-order chi connectivity index (χ1) is 10.7. The van der Waals surface area contributed by atoms with Gasteiger partial charge in [-0.1, -0.05) is 18.2 Å². The SMILES string of the molecule is COc1ccc(S(=O)(=O)/C=C/c2ccccc2C(F)(F)F)nc1. The lowest BCUT2D eigenvalue weighted by atomic mass is 10.1. The predicted molar refractivity (Wildman–Crippen MR) is 78.5 cm³/mol. The van der Waals surface area contributed by atoms with Crippen LogP contribution in [0.25, 0.3) is 6.08 Å². The second kappa shape index (κ2) is 6.41. The number of ether oxygens (including phenoxy) is 1. The summed E-state index contributed by atoms with van der Waals surface area (Å²) in [5, 5.41) is 0.422. The fourth-order valence-corrected chi connectivity index (χ4v) is 2.71. The summed E-state index contributed by atoms with van der Waals surface area (Å²) in [5.41, 5.74) is -1.15. The summed E-state index contributed by atoms with van der Waals surface area (Å²) in [5.74, 6) is 0.371. The number of sulfone groups is 1. The molecule has 4 nitrogen and oxygen atoms in total. The van der Waals surface area contributed by atoms with E-state index in [1.165, 1.54) is 43.6 Å². The number of aromatic nitrogens is 1. The van der Waals surface area contributed by atoms with Crippen LogP contribution < -0.4 is 4.74 Å². The van der Waals surface area contributed by atoms with Crippen molar-refractivity contribution in [1.82, 2.24) is 4.98 Å². The average molecular weight is 343 g/mol. The zero-order chi connectivity index (χ0) is 17.1. The molecule has 1 aromatic carbocycles. The van der Waals surface area contributed by atoms with Crippen LogP contribution in [0.4, 0.5) is 13.2 Å². The number of methoxy groups -OCH3 is 1. The smallest absolute Gasteiger partial charge is 0.416 e. The van der Waals surface area contributed by atoms with Crippen molar-refractivity contribution in [3.05, 3.63) is 59.1 Å². The van der Waals surface area contributed by atoms with Gasteiger partial charge in [0.1, 0.15) is 5.75 Å². The van der Waals surface area contributed by atoms with Crippen molar-refractivity contribution in [1.29, 1.82) is 0 Å². The molecule has 122 valence electrons. The summed E-state index contributed by atoms with van der Waals surface area (Å²) in [4.78, 5) is 3.72.